The van der Waals surface area contributed by atoms with E-state index >= 15 is 33.6 Å². The highest BCUT2D eigenvalue weighted by Crippen LogP contribution is 2.20. The van der Waals surface area contributed by atoms with E-state index in [2.05, 4.69) is 89.5 Å². The maximum atomic E-state index is 15.7. The summed E-state index contributed by atoms with van der Waals surface area (Å²) in [5.41, 5.74) is 13.1. The van der Waals surface area contributed by atoms with E-state index in [1.807, 2.05) is 69.2 Å². The van der Waals surface area contributed by atoms with Crippen molar-refractivity contribution in [3.05, 3.63) is 274 Å². The molecule has 37 heteroatoms. The van der Waals surface area contributed by atoms with Gasteiger partial charge in [0.1, 0.15) is 85.7 Å². The normalized spacial score (nSPS) is 13.6. The summed E-state index contributed by atoms with van der Waals surface area (Å²) in [7, 11) is 0. The van der Waals surface area contributed by atoms with Gasteiger partial charge in [-0.1, -0.05) is 292 Å². The number of carbonyl (C=O) groups excluding carboxylic acids is 15. The minimum atomic E-state index is -1.83. The van der Waals surface area contributed by atoms with Gasteiger partial charge in [0.15, 0.2) is 0 Å². The number of azide groups is 1. The average molecular weight is 2010 g/mol. The number of amides is 13. The largest absolute Gasteiger partial charge is 0.461 e. The van der Waals surface area contributed by atoms with Crippen molar-refractivity contribution in [3.8, 4) is 0 Å². The first-order valence-corrected chi connectivity index (χ1v) is 50.0. The molecule has 0 saturated heterocycles. The molecule has 0 bridgehead atoms. The maximum absolute atomic E-state index is 15.7. The highest BCUT2D eigenvalue weighted by atomic mass is 16.5. The van der Waals surface area contributed by atoms with Crippen LogP contribution in [0.2, 0.25) is 0 Å². The van der Waals surface area contributed by atoms with Crippen LogP contribution < -0.4 is 69.1 Å². The van der Waals surface area contributed by atoms with E-state index in [-0.39, 0.29) is 133 Å². The summed E-state index contributed by atoms with van der Waals surface area (Å²) in [6.45, 7) is 21.1. The fourth-order valence-corrected chi connectivity index (χ4v) is 16.1. The van der Waals surface area contributed by atoms with Gasteiger partial charge >= 0.3 is 11.9 Å². The summed E-state index contributed by atoms with van der Waals surface area (Å²) in [6.07, 6.45) is 0.648. The first-order valence-electron chi connectivity index (χ1n) is 50.0. The number of nitrogens with one attached hydrogen (secondary N) is 13. The molecule has 0 spiro atoms. The van der Waals surface area contributed by atoms with Crippen LogP contribution in [0.4, 0.5) is 0 Å². The average Bonchev–Trinajstić information content (AvgIpc) is 1.47. The molecule has 0 radical (unpaired) electrons. The molecule has 146 heavy (non-hydrogen) atoms. The molecule has 13 N–H and O–H groups in total. The molecular formula is C109H143N19O18. The smallest absolute Gasteiger partial charge is 0.308 e. The topological polar surface area (TPSA) is 520 Å². The van der Waals surface area contributed by atoms with Crippen LogP contribution in [-0.4, -0.2) is 203 Å². The Morgan fingerprint density at radius 2 is 0.582 bits per heavy atom. The Labute approximate surface area is 853 Å². The summed E-state index contributed by atoms with van der Waals surface area (Å²) in [5, 5.41) is 48.3. The van der Waals surface area contributed by atoms with Crippen molar-refractivity contribution < 1.29 is 86.1 Å². The fourth-order valence-electron chi connectivity index (χ4n) is 16.1. The van der Waals surface area contributed by atoms with Crippen LogP contribution in [0.3, 0.4) is 0 Å². The molecule has 782 valence electrons. The lowest BCUT2D eigenvalue weighted by Crippen LogP contribution is -2.62. The molecular weight excluding hydrogens is 1860 g/mol. The summed E-state index contributed by atoms with van der Waals surface area (Å²) >= 11 is 0. The van der Waals surface area contributed by atoms with Gasteiger partial charge in [0, 0.05) is 62.7 Å². The van der Waals surface area contributed by atoms with Gasteiger partial charge in [-0.15, -0.1) is 5.10 Å². The second kappa shape index (κ2) is 62.5. The van der Waals surface area contributed by atoms with Crippen LogP contribution >= 0.6 is 0 Å². The molecule has 12 atom stereocenters. The summed E-state index contributed by atoms with van der Waals surface area (Å²) in [5.74, 6) is -13.2. The van der Waals surface area contributed by atoms with Crippen LogP contribution in [0.15, 0.2) is 224 Å². The molecule has 0 saturated carbocycles. The fraction of sp³-hybridized carbons (Fsp3) is 0.459. The zero-order chi connectivity index (χ0) is 106. The number of carbonyl (C=O) groups is 15. The molecule has 0 unspecified atom stereocenters. The Morgan fingerprint density at radius 3 is 0.863 bits per heavy atom. The summed E-state index contributed by atoms with van der Waals surface area (Å²) in [6, 6.07) is 43.3. The number of aryl methyl sites for hydroxylation is 1. The lowest BCUT2D eigenvalue weighted by molar-refractivity contribution is -0.149. The zero-order valence-corrected chi connectivity index (χ0v) is 85.2. The summed E-state index contributed by atoms with van der Waals surface area (Å²) < 4.78 is 18.2. The lowest BCUT2D eigenvalue weighted by Gasteiger charge is -2.30. The van der Waals surface area contributed by atoms with Gasteiger partial charge in [-0.25, -0.2) is 4.68 Å². The quantitative estimate of drug-likeness (QED) is 0.00557. The first-order chi connectivity index (χ1) is 70.1. The van der Waals surface area contributed by atoms with Gasteiger partial charge in [0.05, 0.1) is 38.3 Å². The number of esters is 2. The van der Waals surface area contributed by atoms with Crippen molar-refractivity contribution in [1.29, 1.82) is 0 Å². The van der Waals surface area contributed by atoms with Crippen molar-refractivity contribution in [1.82, 2.24) is 84.1 Å². The molecule has 8 aromatic rings. The predicted octanol–water partition coefficient (Wildman–Crippen LogP) is 8.59. The van der Waals surface area contributed by atoms with Crippen LogP contribution in [0, 0.1) is 29.6 Å². The van der Waals surface area contributed by atoms with Crippen LogP contribution in [0.5, 0.6) is 0 Å². The van der Waals surface area contributed by atoms with Crippen molar-refractivity contribution >= 4 is 88.7 Å². The number of benzene rings is 7. The van der Waals surface area contributed by atoms with E-state index in [1.54, 1.807) is 230 Å². The van der Waals surface area contributed by atoms with Crippen LogP contribution in [0.1, 0.15) is 179 Å². The number of rotatable bonds is 63. The molecule has 0 aliphatic rings. The van der Waals surface area contributed by atoms with Crippen LogP contribution in [-0.2, 0) is 144 Å². The Bertz CT molecular complexity index is 5530. The van der Waals surface area contributed by atoms with E-state index in [0.717, 1.165) is 0 Å². The molecule has 1 heterocycles. The van der Waals surface area contributed by atoms with E-state index < -0.39 is 174 Å². The van der Waals surface area contributed by atoms with E-state index in [9.17, 15) is 38.4 Å². The molecule has 0 aliphatic carbocycles. The molecule has 13 amide bonds. The Morgan fingerprint density at radius 1 is 0.329 bits per heavy atom. The van der Waals surface area contributed by atoms with E-state index in [1.165, 1.54) is 0 Å². The molecule has 0 fully saturated rings. The first kappa shape index (κ1) is 116. The standard InChI is InChI=1S/C109H143N19O18/c1-12-111-98(132)93(65-96(130)145-68-80-45-30-18-31-46-80)123-109(143)94(66-97(131)146-69-81-47-32-19-33-48-81)124-108(142)92(64-79-43-28-17-29-44-79)122-107(141)91(63-78-41-26-16-27-42-78)121-106(140)90(62-77-39-24-15-25-40-77)120-105(139)89(61-76-37-22-14-23-38-76)119-104(138)88(60-75-35-20-13-21-36-75)118-103(137)87(59-74(10)11)117-102(136)86(58-73(8)9)116-101(135)85(57-72(6)7)115-100(134)84(56-71(4)5)114-99(133)83(55-70(2)3)113-95(129)50-34-49-82-67-128(127-125-82)52-54-144-53-51-112-126-110/h13-33,35-48,67,70-74,83-94H,12,34,49-66,68-69H2,1-11H3,(H,111,132)(H,113,129)(H,114,133)(H,115,134)(H,116,135)(H,117,136)(H,118,137)(H,119,138)(H,120,139)(H,121,140)(H,122,141)(H,123,143)(H,124,142)/t83-,84-,85-,86-,87-,88+,89+,90+,91+,92+,93+,94-/m1/s1. The Hall–Kier alpha value is -15.0. The van der Waals surface area contributed by atoms with Gasteiger partial charge in [0.25, 0.3) is 0 Å². The highest BCUT2D eigenvalue weighted by molar-refractivity contribution is 6.01. The number of likely N-dealkylation sites (N-methyl/N-ethyl adjacent to an activating group) is 1. The minimum Gasteiger partial charge on any atom is -0.461 e. The van der Waals surface area contributed by atoms with Crippen molar-refractivity contribution in [2.75, 3.05) is 26.3 Å². The second-order valence-electron chi connectivity index (χ2n) is 38.4. The number of hydrogen-bond acceptors (Lipinski definition) is 21. The third kappa shape index (κ3) is 43.3. The maximum Gasteiger partial charge on any atom is 0.308 e. The molecule has 0 aliphatic heterocycles. The predicted molar refractivity (Wildman–Crippen MR) is 549 cm³/mol. The van der Waals surface area contributed by atoms with E-state index in [0.29, 0.717) is 70.6 Å². The van der Waals surface area contributed by atoms with Gasteiger partial charge in [-0.2, -0.15) is 0 Å². The van der Waals surface area contributed by atoms with Crippen molar-refractivity contribution in [2.45, 2.75) is 265 Å². The van der Waals surface area contributed by atoms with Gasteiger partial charge < -0.3 is 83.3 Å². The lowest BCUT2D eigenvalue weighted by atomic mass is 9.97. The number of aromatic nitrogens is 3. The summed E-state index contributed by atoms with van der Waals surface area (Å²) in [4.78, 5) is 224. The Kier molecular flexibility index (Phi) is 49.8. The van der Waals surface area contributed by atoms with Gasteiger partial charge in [-0.05, 0) is 126 Å². The van der Waals surface area contributed by atoms with Crippen LogP contribution in [0.25, 0.3) is 10.4 Å². The number of hydrogen-bond donors (Lipinski definition) is 13. The molecule has 8 rings (SSSR count). The minimum absolute atomic E-state index is 0.0168. The third-order valence-corrected chi connectivity index (χ3v) is 23.4. The monoisotopic (exact) mass is 2010 g/mol. The number of ether oxygens (including phenoxy) is 3. The Balaban J connectivity index is 1.02. The van der Waals surface area contributed by atoms with E-state index in [4.69, 9.17) is 19.7 Å². The molecule has 1 aromatic heterocycles. The third-order valence-electron chi connectivity index (χ3n) is 23.4. The van der Waals surface area contributed by atoms with Crippen molar-refractivity contribution in [2.24, 2.45) is 34.7 Å². The molecule has 7 aromatic carbocycles. The second-order valence-corrected chi connectivity index (χ2v) is 38.4. The van der Waals surface area contributed by atoms with Gasteiger partial charge in [-0.3, -0.25) is 71.9 Å². The van der Waals surface area contributed by atoms with Gasteiger partial charge in [0.2, 0.25) is 76.8 Å². The molecule has 37 nitrogen and oxygen atoms in total. The highest BCUT2D eigenvalue weighted by Gasteiger charge is 2.40. The van der Waals surface area contributed by atoms with Crippen molar-refractivity contribution in [3.63, 3.8) is 0 Å². The SMILES string of the molecule is CCNC(=O)[C@H](CC(=O)OCc1ccccc1)NC(=O)[C@@H](CC(=O)OCc1ccccc1)NC(=O)[C@H](Cc1ccccc1)NC(=O)[C@H](Cc1ccccc1)NC(=O)[C@H](Cc1ccccc1)NC(=O)[C@H](Cc1ccccc1)NC(=O)[C@H](Cc1ccccc1)NC(=O)[C@@H](CC(C)C)NC(=O)[C@@H](CC(C)C)NC(=O)[C@@H](CC(C)C)NC(=O)[C@@H](CC(C)C)NC(=O)[C@@H](CC(C)C)NC(=O)CCCc1cn(CCOCCN=[N+]=[N-])nn1. The zero-order valence-electron chi connectivity index (χ0n) is 85.2. The number of nitrogens with zero attached hydrogens (tertiary/aromatic N) is 6.